The van der Waals surface area contributed by atoms with Gasteiger partial charge in [0.1, 0.15) is 12.1 Å². The molecule has 0 aliphatic heterocycles. The van der Waals surface area contributed by atoms with Gasteiger partial charge in [0, 0.05) is 11.4 Å². The molecule has 1 aromatic carbocycles. The second kappa shape index (κ2) is 5.25. The van der Waals surface area contributed by atoms with Crippen molar-refractivity contribution in [3.05, 3.63) is 46.9 Å². The molecule has 0 aliphatic carbocycles. The van der Waals surface area contributed by atoms with Gasteiger partial charge in [0.2, 0.25) is 0 Å². The molecule has 0 fully saturated rings. The molecule has 2 N–H and O–H groups in total. The summed E-state index contributed by atoms with van der Waals surface area (Å²) in [6, 6.07) is 7.73. The van der Waals surface area contributed by atoms with Gasteiger partial charge in [-0.2, -0.15) is 5.10 Å². The number of nitrogens with two attached hydrogens (primary N) is 1. The van der Waals surface area contributed by atoms with Crippen LogP contribution in [0, 0.1) is 0 Å². The normalized spacial score (nSPS) is 12.0. The van der Waals surface area contributed by atoms with E-state index in [1.807, 2.05) is 28.9 Å². The summed E-state index contributed by atoms with van der Waals surface area (Å²) < 4.78 is 1.91. The van der Waals surface area contributed by atoms with Crippen LogP contribution in [-0.4, -0.2) is 19.7 Å². The number of nitrogen functional groups attached to an aromatic ring is 1. The second-order valence-electron chi connectivity index (χ2n) is 6.29. The second-order valence-corrected chi connectivity index (χ2v) is 6.73. The van der Waals surface area contributed by atoms with E-state index >= 15 is 0 Å². The third kappa shape index (κ3) is 2.64. The van der Waals surface area contributed by atoms with Gasteiger partial charge in [0.15, 0.2) is 5.65 Å². The van der Waals surface area contributed by atoms with Crippen LogP contribution in [0.15, 0.2) is 30.6 Å². The van der Waals surface area contributed by atoms with Crippen molar-refractivity contribution in [2.45, 2.75) is 32.7 Å². The third-order valence-corrected chi connectivity index (χ3v) is 3.74. The number of aromatic nitrogens is 4. The molecule has 0 aliphatic rings. The van der Waals surface area contributed by atoms with Crippen molar-refractivity contribution in [1.82, 2.24) is 19.7 Å². The minimum atomic E-state index is -0.183. The Labute approximate surface area is 134 Å². The average molecular weight is 316 g/mol. The number of fused-ring (bicyclic) bond motifs is 1. The molecular weight excluding hydrogens is 298 g/mol. The summed E-state index contributed by atoms with van der Waals surface area (Å²) in [5.74, 6) is 0.462. The molecule has 2 heterocycles. The summed E-state index contributed by atoms with van der Waals surface area (Å²) in [6.07, 6.45) is 2.14. The molecule has 6 heteroatoms. The number of hydrogen-bond donors (Lipinski definition) is 1. The Balaban J connectivity index is 2.15. The topological polar surface area (TPSA) is 69.6 Å². The molecule has 0 saturated heterocycles. The lowest BCUT2D eigenvalue weighted by molar-refractivity contribution is 0.363. The lowest BCUT2D eigenvalue weighted by atomic mass is 10.1. The van der Waals surface area contributed by atoms with E-state index in [9.17, 15) is 0 Å². The summed E-state index contributed by atoms with van der Waals surface area (Å²) in [4.78, 5) is 8.48. The van der Waals surface area contributed by atoms with Crippen molar-refractivity contribution < 1.29 is 0 Å². The van der Waals surface area contributed by atoms with Crippen LogP contribution in [-0.2, 0) is 12.0 Å². The van der Waals surface area contributed by atoms with Crippen LogP contribution in [0.5, 0.6) is 0 Å². The highest BCUT2D eigenvalue weighted by Gasteiger charge is 2.23. The summed E-state index contributed by atoms with van der Waals surface area (Å²) in [6.45, 7) is 6.26. The van der Waals surface area contributed by atoms with Crippen LogP contribution >= 0.6 is 11.6 Å². The first-order chi connectivity index (χ1) is 10.4. The van der Waals surface area contributed by atoms with Crippen LogP contribution < -0.4 is 5.73 Å². The van der Waals surface area contributed by atoms with E-state index in [-0.39, 0.29) is 5.54 Å². The Kier molecular flexibility index (Phi) is 3.53. The maximum atomic E-state index is 6.07. The third-order valence-electron chi connectivity index (χ3n) is 3.49. The fourth-order valence-corrected chi connectivity index (χ4v) is 2.56. The van der Waals surface area contributed by atoms with Crippen molar-refractivity contribution >= 4 is 28.5 Å². The van der Waals surface area contributed by atoms with E-state index in [1.165, 1.54) is 6.33 Å². The van der Waals surface area contributed by atoms with Crippen molar-refractivity contribution in [3.8, 4) is 0 Å². The van der Waals surface area contributed by atoms with Gasteiger partial charge in [0.05, 0.1) is 16.6 Å². The standard InChI is InChI=1S/C16H18ClN5/c1-16(2,3)22-15-13(14(18)19-9-20-15)12(21-22)8-10-4-6-11(17)7-5-10/h4-7,9H,8H2,1-3H3,(H2,18,19,20). The summed E-state index contributed by atoms with van der Waals surface area (Å²) >= 11 is 5.94. The SMILES string of the molecule is CC(C)(C)n1nc(Cc2ccc(Cl)cc2)c2c(N)ncnc21. The van der Waals surface area contributed by atoms with Gasteiger partial charge < -0.3 is 5.73 Å². The van der Waals surface area contributed by atoms with E-state index in [2.05, 4.69) is 30.7 Å². The summed E-state index contributed by atoms with van der Waals surface area (Å²) in [5.41, 5.74) is 8.65. The first kappa shape index (κ1) is 14.8. The first-order valence-electron chi connectivity index (χ1n) is 7.09. The molecule has 0 bridgehead atoms. The quantitative estimate of drug-likeness (QED) is 0.786. The molecule has 114 valence electrons. The Morgan fingerprint density at radius 2 is 1.82 bits per heavy atom. The average Bonchev–Trinajstić information content (AvgIpc) is 2.82. The molecule has 3 aromatic rings. The summed E-state index contributed by atoms with van der Waals surface area (Å²) in [5, 5.41) is 6.29. The van der Waals surface area contributed by atoms with Gasteiger partial charge in [-0.3, -0.25) is 0 Å². The lowest BCUT2D eigenvalue weighted by Crippen LogP contribution is -2.23. The van der Waals surface area contributed by atoms with E-state index in [1.54, 1.807) is 0 Å². The predicted molar refractivity (Wildman–Crippen MR) is 89.0 cm³/mol. The predicted octanol–water partition coefficient (Wildman–Crippen LogP) is 3.41. The molecular formula is C16H18ClN5. The highest BCUT2D eigenvalue weighted by Crippen LogP contribution is 2.28. The molecule has 22 heavy (non-hydrogen) atoms. The van der Waals surface area contributed by atoms with E-state index in [4.69, 9.17) is 22.4 Å². The molecule has 0 unspecified atom stereocenters. The maximum absolute atomic E-state index is 6.07. The van der Waals surface area contributed by atoms with Gasteiger partial charge >= 0.3 is 0 Å². The number of nitrogens with zero attached hydrogens (tertiary/aromatic N) is 4. The zero-order valence-corrected chi connectivity index (χ0v) is 13.6. The number of halogens is 1. The van der Waals surface area contributed by atoms with Crippen LogP contribution in [0.1, 0.15) is 32.0 Å². The van der Waals surface area contributed by atoms with E-state index in [0.29, 0.717) is 12.2 Å². The van der Waals surface area contributed by atoms with Crippen molar-refractivity contribution in [1.29, 1.82) is 0 Å². The van der Waals surface area contributed by atoms with Gasteiger partial charge in [-0.1, -0.05) is 23.7 Å². The molecule has 5 nitrogen and oxygen atoms in total. The summed E-state index contributed by atoms with van der Waals surface area (Å²) in [7, 11) is 0. The molecule has 0 amide bonds. The van der Waals surface area contributed by atoms with Crippen LogP contribution in [0.4, 0.5) is 5.82 Å². The minimum absolute atomic E-state index is 0.183. The Morgan fingerprint density at radius 3 is 2.45 bits per heavy atom. The Hall–Kier alpha value is -2.14. The fourth-order valence-electron chi connectivity index (χ4n) is 2.43. The number of hydrogen-bond acceptors (Lipinski definition) is 4. The zero-order chi connectivity index (χ0) is 15.9. The van der Waals surface area contributed by atoms with Crippen LogP contribution in [0.2, 0.25) is 5.02 Å². The maximum Gasteiger partial charge on any atom is 0.164 e. The largest absolute Gasteiger partial charge is 0.383 e. The lowest BCUT2D eigenvalue weighted by Gasteiger charge is -2.19. The van der Waals surface area contributed by atoms with Crippen LogP contribution in [0.25, 0.3) is 11.0 Å². The highest BCUT2D eigenvalue weighted by molar-refractivity contribution is 6.30. The number of benzene rings is 1. The number of anilines is 1. The van der Waals surface area contributed by atoms with E-state index < -0.39 is 0 Å². The minimum Gasteiger partial charge on any atom is -0.383 e. The van der Waals surface area contributed by atoms with Crippen molar-refractivity contribution in [2.75, 3.05) is 5.73 Å². The van der Waals surface area contributed by atoms with Crippen molar-refractivity contribution in [2.24, 2.45) is 0 Å². The highest BCUT2D eigenvalue weighted by atomic mass is 35.5. The monoisotopic (exact) mass is 315 g/mol. The molecule has 0 saturated carbocycles. The van der Waals surface area contributed by atoms with Gasteiger partial charge in [0.25, 0.3) is 0 Å². The Bertz CT molecular complexity index is 815. The van der Waals surface area contributed by atoms with E-state index in [0.717, 1.165) is 27.3 Å². The smallest absolute Gasteiger partial charge is 0.164 e. The zero-order valence-electron chi connectivity index (χ0n) is 12.8. The molecule has 2 aromatic heterocycles. The molecule has 0 atom stereocenters. The Morgan fingerprint density at radius 1 is 1.14 bits per heavy atom. The molecule has 0 radical (unpaired) electrons. The van der Waals surface area contributed by atoms with Gasteiger partial charge in [-0.15, -0.1) is 0 Å². The fraction of sp³-hybridized carbons (Fsp3) is 0.312. The van der Waals surface area contributed by atoms with Crippen molar-refractivity contribution in [3.63, 3.8) is 0 Å². The molecule has 0 spiro atoms. The van der Waals surface area contributed by atoms with Gasteiger partial charge in [-0.05, 0) is 38.5 Å². The first-order valence-corrected chi connectivity index (χ1v) is 7.47. The number of rotatable bonds is 2. The van der Waals surface area contributed by atoms with Gasteiger partial charge in [-0.25, -0.2) is 14.6 Å². The molecule has 3 rings (SSSR count). The van der Waals surface area contributed by atoms with Crippen LogP contribution in [0.3, 0.4) is 0 Å².